The summed E-state index contributed by atoms with van der Waals surface area (Å²) in [6, 6.07) is 11.5. The van der Waals surface area contributed by atoms with Crippen LogP contribution in [0.2, 0.25) is 46.3 Å². The molecule has 0 aromatic heterocycles. The van der Waals surface area contributed by atoms with Crippen molar-refractivity contribution in [1.29, 1.82) is 0 Å². The van der Waals surface area contributed by atoms with Crippen LogP contribution in [0.15, 0.2) is 18.2 Å². The third-order valence-electron chi connectivity index (χ3n) is 11.7. The molecular formula is C36H65Cl2N3O5Si2. The zero-order chi connectivity index (χ0) is 35.5. The summed E-state index contributed by atoms with van der Waals surface area (Å²) in [6.45, 7) is 19.5. The van der Waals surface area contributed by atoms with E-state index in [2.05, 4.69) is 51.8 Å². The summed E-state index contributed by atoms with van der Waals surface area (Å²) in [6.07, 6.45) is 4.38. The number of nitrogens with zero attached hydrogens (tertiary/aromatic N) is 2. The van der Waals surface area contributed by atoms with E-state index in [0.717, 1.165) is 49.9 Å². The highest BCUT2D eigenvalue weighted by molar-refractivity contribution is 6.74. The largest absolute Gasteiger partial charge is 0.412 e. The molecule has 1 aliphatic heterocycles. The molecule has 8 nitrogen and oxygen atoms in total. The Hall–Kier alpha value is -0.696. The van der Waals surface area contributed by atoms with Gasteiger partial charge in [-0.15, -0.1) is 0 Å². The highest BCUT2D eigenvalue weighted by Crippen LogP contribution is 2.55. The Morgan fingerprint density at radius 2 is 1.54 bits per heavy atom. The summed E-state index contributed by atoms with van der Waals surface area (Å²) in [5.74, 6) is -0.0485. The highest BCUT2D eigenvalue weighted by atomic mass is 35.5. The number of methoxy groups -OCH3 is 2. The molecule has 1 saturated heterocycles. The molecule has 1 aliphatic carbocycles. The fraction of sp³-hybridized carbons (Fsp3) is 0.806. The number of likely N-dealkylation sites (tertiary alicyclic amines) is 1. The molecule has 1 heterocycles. The molecule has 1 N–H and O–H groups in total. The molecule has 1 spiro atoms. The first-order valence-electron chi connectivity index (χ1n) is 18.5. The molecule has 1 aromatic carbocycles. The van der Waals surface area contributed by atoms with Crippen LogP contribution in [0.25, 0.3) is 0 Å². The van der Waals surface area contributed by atoms with Gasteiger partial charge in [-0.1, -0.05) is 64.7 Å². The molecular weight excluding hydrogens is 681 g/mol. The lowest BCUT2D eigenvalue weighted by Crippen LogP contribution is -2.53. The lowest BCUT2D eigenvalue weighted by Gasteiger charge is -2.44. The number of hydrogen-bond donors (Lipinski definition) is 1. The Labute approximate surface area is 304 Å². The van der Waals surface area contributed by atoms with E-state index >= 15 is 0 Å². The zero-order valence-corrected chi connectivity index (χ0v) is 34.9. The molecule has 1 saturated carbocycles. The molecule has 1 amide bonds. The number of benzene rings is 1. The summed E-state index contributed by atoms with van der Waals surface area (Å²) < 4.78 is 25.6. The van der Waals surface area contributed by atoms with Crippen LogP contribution in [-0.2, 0) is 23.1 Å². The predicted molar refractivity (Wildman–Crippen MR) is 205 cm³/mol. The van der Waals surface area contributed by atoms with Gasteiger partial charge in [0.05, 0.1) is 28.8 Å². The van der Waals surface area contributed by atoms with Gasteiger partial charge in [0.1, 0.15) is 6.04 Å². The lowest BCUT2D eigenvalue weighted by molar-refractivity contribution is -0.148. The van der Waals surface area contributed by atoms with Gasteiger partial charge >= 0.3 is 0 Å². The number of nitrogens with one attached hydrogen (secondary N) is 1. The van der Waals surface area contributed by atoms with E-state index in [9.17, 15) is 4.79 Å². The van der Waals surface area contributed by atoms with Crippen LogP contribution < -0.4 is 5.32 Å². The van der Waals surface area contributed by atoms with Crippen molar-refractivity contribution in [3.05, 3.63) is 28.2 Å². The second-order valence-corrected chi connectivity index (χ2v) is 24.4. The van der Waals surface area contributed by atoms with E-state index in [1.54, 1.807) is 26.4 Å². The molecule has 3 atom stereocenters. The minimum atomic E-state index is -1.98. The number of rotatable bonds is 22. The van der Waals surface area contributed by atoms with Crippen molar-refractivity contribution in [1.82, 2.24) is 9.80 Å². The van der Waals surface area contributed by atoms with E-state index < -0.39 is 29.0 Å². The van der Waals surface area contributed by atoms with E-state index in [4.69, 9.17) is 41.5 Å². The van der Waals surface area contributed by atoms with Gasteiger partial charge in [-0.25, -0.2) is 0 Å². The first-order chi connectivity index (χ1) is 22.9. The molecule has 48 heavy (non-hydrogen) atoms. The molecule has 0 bridgehead atoms. The quantitative estimate of drug-likeness (QED) is 0.0939. The average Bonchev–Trinajstić information content (AvgIpc) is 3.89. The van der Waals surface area contributed by atoms with Crippen molar-refractivity contribution in [2.75, 3.05) is 52.3 Å². The number of piperidine rings is 1. The first-order valence-corrected chi connectivity index (χ1v) is 24.4. The minimum Gasteiger partial charge on any atom is -0.412 e. The van der Waals surface area contributed by atoms with Gasteiger partial charge in [0.2, 0.25) is 5.91 Å². The highest BCUT2D eigenvalue weighted by Gasteiger charge is 2.54. The number of ether oxygens (including phenoxy) is 2. The summed E-state index contributed by atoms with van der Waals surface area (Å²) in [7, 11) is -0.468. The van der Waals surface area contributed by atoms with E-state index in [1.807, 2.05) is 17.9 Å². The first kappa shape index (κ1) is 41.7. The molecule has 2 aliphatic rings. The van der Waals surface area contributed by atoms with Gasteiger partial charge < -0.3 is 33.4 Å². The maximum atomic E-state index is 14.1. The number of halogens is 2. The van der Waals surface area contributed by atoms with Crippen molar-refractivity contribution in [3.8, 4) is 0 Å². The minimum absolute atomic E-state index is 0.0485. The number of amides is 1. The van der Waals surface area contributed by atoms with Gasteiger partial charge in [-0.3, -0.25) is 4.79 Å². The number of anilines is 1. The molecule has 0 unspecified atom stereocenters. The monoisotopic (exact) mass is 745 g/mol. The second-order valence-electron chi connectivity index (χ2n) is 14.2. The van der Waals surface area contributed by atoms with Gasteiger partial charge in [-0.2, -0.15) is 0 Å². The topological polar surface area (TPSA) is 72.5 Å². The maximum Gasteiger partial charge on any atom is 0.245 e. The Morgan fingerprint density at radius 1 is 0.938 bits per heavy atom. The Balaban J connectivity index is 1.82. The van der Waals surface area contributed by atoms with Crippen molar-refractivity contribution in [3.63, 3.8) is 0 Å². The van der Waals surface area contributed by atoms with Crippen molar-refractivity contribution in [2.24, 2.45) is 5.41 Å². The van der Waals surface area contributed by atoms with Crippen molar-refractivity contribution in [2.45, 2.75) is 135 Å². The summed E-state index contributed by atoms with van der Waals surface area (Å²) in [4.78, 5) is 18.6. The Morgan fingerprint density at radius 3 is 2.06 bits per heavy atom. The van der Waals surface area contributed by atoms with Gasteiger partial charge in [-0.05, 0) is 99.0 Å². The molecule has 276 valence electrons. The summed E-state index contributed by atoms with van der Waals surface area (Å²) >= 11 is 12.4. The number of carbonyl (C=O) groups excluding carboxylic acids is 1. The third kappa shape index (κ3) is 10.9. The van der Waals surface area contributed by atoms with E-state index in [-0.39, 0.29) is 12.0 Å². The molecule has 2 fully saturated rings. The second kappa shape index (κ2) is 19.2. The standard InChI is InChI=1S/C36H65Cl2N3O5Si2/c1-10-47(11-2,12-3)45-30(18-22-40-23-21-36(19-20-36)33(26-40)46-48(13-4,14-5)15-6)25-41(27-34(43-8)44-9)35(42)28(7)39-29-16-17-31(37)32(38)24-29/h16-17,24,28,30,33-34,39H,10-15,18-23,25-27H2,1-9H3/t28-,30-,33+/m0/s1. The van der Waals surface area contributed by atoms with Crippen LogP contribution in [0, 0.1) is 5.41 Å². The van der Waals surface area contributed by atoms with Crippen LogP contribution in [0.1, 0.15) is 74.1 Å². The Kier molecular flexibility index (Phi) is 16.7. The fourth-order valence-corrected chi connectivity index (χ4v) is 13.6. The van der Waals surface area contributed by atoms with Crippen LogP contribution in [0.4, 0.5) is 5.69 Å². The van der Waals surface area contributed by atoms with Crippen LogP contribution in [0.5, 0.6) is 0 Å². The van der Waals surface area contributed by atoms with Crippen LogP contribution >= 0.6 is 23.2 Å². The SMILES string of the molecule is CC[Si](CC)(CC)O[C@@H](CCN1CCC2(CC2)[C@H](O[Si](CC)(CC)CC)C1)CN(CC(OC)OC)C(=O)[C@H](C)Nc1ccc(Cl)c(Cl)c1. The van der Waals surface area contributed by atoms with Crippen LogP contribution in [-0.4, -0.2) is 104 Å². The molecule has 1 aromatic rings. The molecule has 3 rings (SSSR count). The molecule has 0 radical (unpaired) electrons. The summed E-state index contributed by atoms with van der Waals surface area (Å²) in [5, 5.41) is 4.24. The van der Waals surface area contributed by atoms with E-state index in [0.29, 0.717) is 34.7 Å². The average molecular weight is 747 g/mol. The fourth-order valence-electron chi connectivity index (χ4n) is 7.43. The Bertz CT molecular complexity index is 1120. The number of hydrogen-bond acceptors (Lipinski definition) is 7. The van der Waals surface area contributed by atoms with Gasteiger partial charge in [0, 0.05) is 39.5 Å². The smallest absolute Gasteiger partial charge is 0.245 e. The lowest BCUT2D eigenvalue weighted by atomic mass is 9.90. The zero-order valence-electron chi connectivity index (χ0n) is 31.3. The van der Waals surface area contributed by atoms with Gasteiger partial charge in [0.25, 0.3) is 0 Å². The molecule has 12 heteroatoms. The van der Waals surface area contributed by atoms with Gasteiger partial charge in [0.15, 0.2) is 22.9 Å². The maximum absolute atomic E-state index is 14.1. The normalized spacial score (nSPS) is 19.5. The third-order valence-corrected chi connectivity index (χ3v) is 21.8. The van der Waals surface area contributed by atoms with Crippen molar-refractivity contribution >= 4 is 51.4 Å². The summed E-state index contributed by atoms with van der Waals surface area (Å²) in [5.41, 5.74) is 1.13. The number of carbonyl (C=O) groups is 1. The van der Waals surface area contributed by atoms with E-state index in [1.165, 1.54) is 37.4 Å². The predicted octanol–water partition coefficient (Wildman–Crippen LogP) is 8.90. The van der Waals surface area contributed by atoms with Crippen LogP contribution in [0.3, 0.4) is 0 Å². The van der Waals surface area contributed by atoms with Crippen molar-refractivity contribution < 1.29 is 23.1 Å².